The van der Waals surface area contributed by atoms with Gasteiger partial charge in [0.2, 0.25) is 11.8 Å². The number of nitrogens with zero attached hydrogens (tertiary/aromatic N) is 3. The van der Waals surface area contributed by atoms with E-state index in [1.807, 2.05) is 6.07 Å². The van der Waals surface area contributed by atoms with Crippen molar-refractivity contribution in [3.05, 3.63) is 47.1 Å². The Morgan fingerprint density at radius 1 is 1.27 bits per heavy atom. The molecular weight excluding hydrogens is 550 g/mol. The van der Waals surface area contributed by atoms with Gasteiger partial charge in [0.1, 0.15) is 18.7 Å². The molecule has 14 heteroatoms. The highest BCUT2D eigenvalue weighted by Crippen LogP contribution is 2.48. The van der Waals surface area contributed by atoms with Gasteiger partial charge in [0.05, 0.1) is 17.1 Å². The van der Waals surface area contributed by atoms with Crippen molar-refractivity contribution in [3.63, 3.8) is 0 Å². The number of halogens is 4. The minimum Gasteiger partial charge on any atom is -0.480 e. The number of anilines is 1. The van der Waals surface area contributed by atoms with Gasteiger partial charge in [0.25, 0.3) is 0 Å². The normalized spacial score (nSPS) is 24.5. The van der Waals surface area contributed by atoms with Crippen LogP contribution in [0, 0.1) is 23.1 Å². The Morgan fingerprint density at radius 3 is 2.66 bits per heavy atom. The van der Waals surface area contributed by atoms with Gasteiger partial charge in [-0.2, -0.15) is 5.26 Å². The molecule has 2 fully saturated rings. The fourth-order valence-corrected chi connectivity index (χ4v) is 4.95. The second-order valence-electron chi connectivity index (χ2n) is 9.92. The van der Waals surface area contributed by atoms with E-state index in [9.17, 15) is 31.9 Å². The van der Waals surface area contributed by atoms with E-state index in [1.165, 1.54) is 17.9 Å². The van der Waals surface area contributed by atoms with Gasteiger partial charge < -0.3 is 25.4 Å². The number of carbonyl (C=O) groups is 3. The molecule has 0 aromatic heterocycles. The maximum Gasteiger partial charge on any atom is 0.573 e. The number of alkyl halides is 3. The number of aliphatic imine (C=N–C) groups is 1. The summed E-state index contributed by atoms with van der Waals surface area (Å²) in [5, 5.41) is 11.3. The molecule has 0 spiro atoms. The Balaban J connectivity index is 1.49. The number of fused-ring (bicyclic) bond motifs is 1. The summed E-state index contributed by atoms with van der Waals surface area (Å²) in [4.78, 5) is 44.0. The van der Waals surface area contributed by atoms with Gasteiger partial charge in [-0.05, 0) is 50.3 Å². The van der Waals surface area contributed by atoms with Crippen molar-refractivity contribution in [2.45, 2.75) is 64.1 Å². The largest absolute Gasteiger partial charge is 0.573 e. The van der Waals surface area contributed by atoms with Crippen LogP contribution in [0.1, 0.15) is 39.5 Å². The van der Waals surface area contributed by atoms with Gasteiger partial charge in [-0.25, -0.2) is 4.39 Å². The van der Waals surface area contributed by atoms with Crippen LogP contribution < -0.4 is 15.8 Å². The van der Waals surface area contributed by atoms with E-state index in [0.717, 1.165) is 18.2 Å². The van der Waals surface area contributed by atoms with Crippen LogP contribution in [-0.2, 0) is 19.1 Å². The van der Waals surface area contributed by atoms with E-state index in [4.69, 9.17) is 15.7 Å². The molecule has 218 valence electrons. The number of carbonyl (C=O) groups excluding carboxylic acids is 3. The molecule has 1 aromatic rings. The van der Waals surface area contributed by atoms with Crippen molar-refractivity contribution in [2.24, 2.45) is 16.6 Å². The van der Waals surface area contributed by atoms with Crippen molar-refractivity contribution in [1.29, 1.82) is 5.26 Å². The molecule has 1 heterocycles. The molecule has 41 heavy (non-hydrogen) atoms. The molecule has 2 amide bonds. The zero-order valence-corrected chi connectivity index (χ0v) is 22.1. The van der Waals surface area contributed by atoms with Crippen LogP contribution in [0.25, 0.3) is 0 Å². The van der Waals surface area contributed by atoms with Crippen molar-refractivity contribution < 1.29 is 41.4 Å². The van der Waals surface area contributed by atoms with Crippen LogP contribution in [-0.4, -0.2) is 59.3 Å². The van der Waals surface area contributed by atoms with Gasteiger partial charge >= 0.3 is 6.36 Å². The Hall–Kier alpha value is -4.41. The molecule has 0 radical (unpaired) electrons. The fourth-order valence-electron chi connectivity index (χ4n) is 4.95. The first kappa shape index (κ1) is 29.6. The number of benzene rings is 1. The third-order valence-electron chi connectivity index (χ3n) is 6.95. The van der Waals surface area contributed by atoms with E-state index in [2.05, 4.69) is 15.0 Å². The van der Waals surface area contributed by atoms with E-state index in [0.29, 0.717) is 30.7 Å². The monoisotopic (exact) mass is 577 g/mol. The number of hydrogen-bond acceptors (Lipinski definition) is 8. The van der Waals surface area contributed by atoms with Gasteiger partial charge in [0, 0.05) is 30.7 Å². The number of amides is 2. The minimum absolute atomic E-state index is 0.0651. The molecule has 1 aliphatic heterocycles. The predicted molar refractivity (Wildman–Crippen MR) is 137 cm³/mol. The summed E-state index contributed by atoms with van der Waals surface area (Å²) in [6.07, 6.45) is -2.70. The summed E-state index contributed by atoms with van der Waals surface area (Å²) in [5.74, 6) is -3.64. The van der Waals surface area contributed by atoms with Gasteiger partial charge in [-0.1, -0.05) is 6.07 Å². The van der Waals surface area contributed by atoms with Crippen LogP contribution in [0.3, 0.4) is 0 Å². The number of nitrogens with two attached hydrogens (primary N) is 1. The lowest BCUT2D eigenvalue weighted by molar-refractivity contribution is -0.275. The number of allylic oxidation sites excluding steroid dienone is 4. The highest BCUT2D eigenvalue weighted by atomic mass is 19.4. The Labute approximate surface area is 232 Å². The van der Waals surface area contributed by atoms with E-state index >= 15 is 0 Å². The average molecular weight is 578 g/mol. The lowest BCUT2D eigenvalue weighted by Crippen LogP contribution is -2.46. The molecule has 3 aliphatic rings. The molecule has 10 nitrogen and oxygen atoms in total. The van der Waals surface area contributed by atoms with Crippen molar-refractivity contribution in [2.75, 3.05) is 11.9 Å². The van der Waals surface area contributed by atoms with Crippen LogP contribution in [0.5, 0.6) is 5.75 Å². The molecule has 0 bridgehead atoms. The van der Waals surface area contributed by atoms with Gasteiger partial charge in [-0.3, -0.25) is 19.4 Å². The van der Waals surface area contributed by atoms with Gasteiger partial charge in [-0.15, -0.1) is 13.2 Å². The highest BCUT2D eigenvalue weighted by Gasteiger charge is 2.56. The molecule has 1 saturated heterocycles. The Morgan fingerprint density at radius 2 is 2.00 bits per heavy atom. The summed E-state index contributed by atoms with van der Waals surface area (Å²) >= 11 is 0. The minimum atomic E-state index is -5.12. The number of ketones is 1. The van der Waals surface area contributed by atoms with Crippen molar-refractivity contribution >= 4 is 29.0 Å². The molecule has 2 unspecified atom stereocenters. The summed E-state index contributed by atoms with van der Waals surface area (Å²) < 4.78 is 61.5. The summed E-state index contributed by atoms with van der Waals surface area (Å²) in [6.45, 7) is 2.48. The molecule has 3 N–H and O–H groups in total. The number of ether oxygens (including phenoxy) is 2. The molecule has 4 rings (SSSR count). The van der Waals surface area contributed by atoms with Crippen LogP contribution in [0.4, 0.5) is 23.2 Å². The fraction of sp³-hybridized carbons (Fsp3) is 0.444. The van der Waals surface area contributed by atoms with Crippen LogP contribution >= 0.6 is 0 Å². The average Bonchev–Trinajstić information content (AvgIpc) is 3.57. The quantitative estimate of drug-likeness (QED) is 0.355. The number of rotatable bonds is 8. The zero-order chi connectivity index (χ0) is 30.1. The van der Waals surface area contributed by atoms with E-state index in [-0.39, 0.29) is 36.2 Å². The number of Topliss-reactive ketones (excluding diaryl/α,β-unsaturated/α-hetero) is 1. The molecule has 1 saturated carbocycles. The second-order valence-corrected chi connectivity index (χ2v) is 9.92. The van der Waals surface area contributed by atoms with E-state index < -0.39 is 53.4 Å². The molecular formula is C27H27F4N5O5. The Bertz CT molecular complexity index is 1400. The topological polar surface area (TPSA) is 147 Å². The van der Waals surface area contributed by atoms with Crippen LogP contribution in [0.15, 0.2) is 46.3 Å². The maximum absolute atomic E-state index is 14.6. The first-order chi connectivity index (χ1) is 19.3. The van der Waals surface area contributed by atoms with Gasteiger partial charge in [0.15, 0.2) is 23.5 Å². The molecule has 1 aromatic carbocycles. The lowest BCUT2D eigenvalue weighted by atomic mass is 9.95. The zero-order valence-electron chi connectivity index (χ0n) is 22.1. The number of likely N-dealkylation sites (tertiary alicyclic amines) is 1. The summed E-state index contributed by atoms with van der Waals surface area (Å²) in [6, 6.07) is 3.72. The maximum atomic E-state index is 14.6. The van der Waals surface area contributed by atoms with Crippen LogP contribution in [0.2, 0.25) is 0 Å². The number of nitriles is 1. The number of piperidine rings is 1. The predicted octanol–water partition coefficient (Wildman–Crippen LogP) is 3.50. The smallest absolute Gasteiger partial charge is 0.480 e. The standard InChI is InChI=1S/C27H27F4N5O5/c1-13(11-32)40-16-6-7-18(17(10-16)25(33)14(2)37)34-12-23(38)36-20-8-15(20)9-21(36)26(39)35-19-4-3-5-22(24(19)28)41-27(29,30)31/h3-5,10,13,15,20-21H,6-9,12,33H2,1-2H3,(H,35,39)/t13?,15?,20-,21+/m1/s1. The SMILES string of the molecule is CC(=O)C(N)=C1C=C(OC(C)C#N)CCC1=NCC(=O)N1[C@@H]2CC2C[C@H]1C(=O)Nc1cccc(OC(F)(F)F)c1F. The molecule has 4 atom stereocenters. The summed E-state index contributed by atoms with van der Waals surface area (Å²) in [5.41, 5.74) is 6.06. The van der Waals surface area contributed by atoms with Crippen molar-refractivity contribution in [3.8, 4) is 11.8 Å². The first-order valence-corrected chi connectivity index (χ1v) is 12.8. The Kier molecular flexibility index (Phi) is 8.37. The molecule has 2 aliphatic carbocycles. The second kappa shape index (κ2) is 11.6. The number of nitrogens with one attached hydrogen (secondary N) is 1. The third kappa shape index (κ3) is 6.85. The van der Waals surface area contributed by atoms with E-state index in [1.54, 1.807) is 6.92 Å². The summed E-state index contributed by atoms with van der Waals surface area (Å²) in [7, 11) is 0. The van der Waals surface area contributed by atoms with Crippen molar-refractivity contribution in [1.82, 2.24) is 4.90 Å². The first-order valence-electron chi connectivity index (χ1n) is 12.8. The lowest BCUT2D eigenvalue weighted by Gasteiger charge is -2.27. The number of hydrogen-bond donors (Lipinski definition) is 2. The third-order valence-corrected chi connectivity index (χ3v) is 6.95. The highest BCUT2D eigenvalue weighted by molar-refractivity contribution is 6.11.